The van der Waals surface area contributed by atoms with Crippen LogP contribution in [0.1, 0.15) is 12.0 Å². The summed E-state index contributed by atoms with van der Waals surface area (Å²) in [7, 11) is 3.17. The van der Waals surface area contributed by atoms with Crippen LogP contribution in [0.15, 0.2) is 53.9 Å². The van der Waals surface area contributed by atoms with Gasteiger partial charge in [-0.3, -0.25) is 9.59 Å². The van der Waals surface area contributed by atoms with E-state index in [1.807, 2.05) is 35.2 Å². The molecule has 2 N–H and O–H groups in total. The predicted molar refractivity (Wildman–Crippen MR) is 80.9 cm³/mol. The van der Waals surface area contributed by atoms with Crippen molar-refractivity contribution in [3.8, 4) is 0 Å². The van der Waals surface area contributed by atoms with Crippen LogP contribution in [0.2, 0.25) is 0 Å². The molecule has 0 spiro atoms. The number of hydrogen-bond donors (Lipinski definition) is 2. The Morgan fingerprint density at radius 2 is 1.52 bits per heavy atom. The van der Waals surface area contributed by atoms with Crippen LogP contribution in [-0.4, -0.2) is 30.8 Å². The average Bonchev–Trinajstić information content (AvgIpc) is 2.53. The SMILES string of the molecule is CNC(=O)C1=CN(Cc2ccccc2)C=C(C(=O)NC)C1. The highest BCUT2D eigenvalue weighted by Crippen LogP contribution is 2.21. The van der Waals surface area contributed by atoms with Crippen LogP contribution in [0.4, 0.5) is 0 Å². The topological polar surface area (TPSA) is 61.4 Å². The van der Waals surface area contributed by atoms with Gasteiger partial charge in [-0.05, 0) is 5.56 Å². The lowest BCUT2D eigenvalue weighted by atomic mass is 10.0. The van der Waals surface area contributed by atoms with E-state index in [9.17, 15) is 9.59 Å². The summed E-state index contributed by atoms with van der Waals surface area (Å²) in [4.78, 5) is 25.6. The molecule has 110 valence electrons. The largest absolute Gasteiger partial charge is 0.355 e. The minimum Gasteiger partial charge on any atom is -0.355 e. The first-order chi connectivity index (χ1) is 10.1. The first kappa shape index (κ1) is 14.8. The Balaban J connectivity index is 2.24. The Bertz CT molecular complexity index is 559. The first-order valence-electron chi connectivity index (χ1n) is 6.79. The van der Waals surface area contributed by atoms with Crippen LogP contribution < -0.4 is 10.6 Å². The Hall–Kier alpha value is -2.56. The van der Waals surface area contributed by atoms with Gasteiger partial charge in [-0.1, -0.05) is 30.3 Å². The lowest BCUT2D eigenvalue weighted by Gasteiger charge is -2.24. The summed E-state index contributed by atoms with van der Waals surface area (Å²) in [6, 6.07) is 9.90. The number of nitrogens with zero attached hydrogens (tertiary/aromatic N) is 1. The molecule has 0 fully saturated rings. The number of nitrogens with one attached hydrogen (secondary N) is 2. The molecule has 0 atom stereocenters. The normalized spacial score (nSPS) is 14.1. The molecule has 1 aliphatic rings. The fourth-order valence-corrected chi connectivity index (χ4v) is 2.22. The maximum atomic E-state index is 11.9. The second kappa shape index (κ2) is 6.74. The molecule has 1 aromatic rings. The summed E-state index contributed by atoms with van der Waals surface area (Å²) < 4.78 is 0. The predicted octanol–water partition coefficient (Wildman–Crippen LogP) is 1.15. The van der Waals surface area contributed by atoms with Gasteiger partial charge in [0, 0.05) is 50.6 Å². The van der Waals surface area contributed by atoms with Gasteiger partial charge in [0.05, 0.1) is 0 Å². The van der Waals surface area contributed by atoms with E-state index in [1.54, 1.807) is 26.5 Å². The monoisotopic (exact) mass is 285 g/mol. The molecule has 0 saturated heterocycles. The molecule has 1 aromatic carbocycles. The van der Waals surface area contributed by atoms with E-state index in [0.29, 0.717) is 24.1 Å². The molecule has 1 heterocycles. The second-order valence-corrected chi connectivity index (χ2v) is 4.80. The lowest BCUT2D eigenvalue weighted by Crippen LogP contribution is -2.29. The highest BCUT2D eigenvalue weighted by molar-refractivity contribution is 5.99. The van der Waals surface area contributed by atoms with Crippen molar-refractivity contribution in [1.82, 2.24) is 15.5 Å². The molecule has 0 bridgehead atoms. The number of likely N-dealkylation sites (N-methyl/N-ethyl adjacent to an activating group) is 2. The minimum absolute atomic E-state index is 0.164. The minimum atomic E-state index is -0.164. The van der Waals surface area contributed by atoms with Gasteiger partial charge in [0.15, 0.2) is 0 Å². The van der Waals surface area contributed by atoms with Crippen molar-refractivity contribution in [2.45, 2.75) is 13.0 Å². The van der Waals surface area contributed by atoms with E-state index in [2.05, 4.69) is 10.6 Å². The van der Waals surface area contributed by atoms with Gasteiger partial charge < -0.3 is 15.5 Å². The standard InChI is InChI=1S/C16H19N3O2/c1-17-15(20)13-8-14(16(21)18-2)11-19(10-13)9-12-6-4-3-5-7-12/h3-7,10-11H,8-9H2,1-2H3,(H,17,20)(H,18,21). The van der Waals surface area contributed by atoms with E-state index in [1.165, 1.54) is 0 Å². The second-order valence-electron chi connectivity index (χ2n) is 4.80. The molecule has 0 aromatic heterocycles. The van der Waals surface area contributed by atoms with E-state index in [0.717, 1.165) is 5.56 Å². The molecule has 2 rings (SSSR count). The summed E-state index contributed by atoms with van der Waals surface area (Å²) >= 11 is 0. The smallest absolute Gasteiger partial charge is 0.248 e. The number of amides is 2. The van der Waals surface area contributed by atoms with E-state index < -0.39 is 0 Å². The summed E-state index contributed by atoms with van der Waals surface area (Å²) in [6.45, 7) is 0.613. The molecule has 21 heavy (non-hydrogen) atoms. The number of hydrogen-bond acceptors (Lipinski definition) is 3. The van der Waals surface area contributed by atoms with Crippen LogP contribution in [0.3, 0.4) is 0 Å². The van der Waals surface area contributed by atoms with Crippen LogP contribution in [0.25, 0.3) is 0 Å². The molecule has 0 unspecified atom stereocenters. The molecule has 0 saturated carbocycles. The third kappa shape index (κ3) is 3.72. The molecule has 2 amide bonds. The molecular formula is C16H19N3O2. The molecule has 5 nitrogen and oxygen atoms in total. The van der Waals surface area contributed by atoms with Gasteiger partial charge in [-0.15, -0.1) is 0 Å². The molecule has 1 aliphatic heterocycles. The number of benzene rings is 1. The van der Waals surface area contributed by atoms with Crippen molar-refractivity contribution in [1.29, 1.82) is 0 Å². The van der Waals surface area contributed by atoms with Gasteiger partial charge in [-0.2, -0.15) is 0 Å². The molecule has 0 aliphatic carbocycles. The van der Waals surface area contributed by atoms with Crippen LogP contribution in [0, 0.1) is 0 Å². The summed E-state index contributed by atoms with van der Waals surface area (Å²) in [6.07, 6.45) is 3.92. The van der Waals surface area contributed by atoms with E-state index in [-0.39, 0.29) is 11.8 Å². The number of rotatable bonds is 4. The van der Waals surface area contributed by atoms with Crippen LogP contribution >= 0.6 is 0 Å². The molecule has 5 heteroatoms. The van der Waals surface area contributed by atoms with E-state index >= 15 is 0 Å². The van der Waals surface area contributed by atoms with Gasteiger partial charge in [0.1, 0.15) is 0 Å². The summed E-state index contributed by atoms with van der Waals surface area (Å²) in [5.74, 6) is -0.329. The molecule has 0 radical (unpaired) electrons. The summed E-state index contributed by atoms with van der Waals surface area (Å²) in [5, 5.41) is 5.21. The number of carbonyl (C=O) groups excluding carboxylic acids is 2. The Kier molecular flexibility index (Phi) is 4.77. The van der Waals surface area contributed by atoms with Crippen molar-refractivity contribution < 1.29 is 9.59 Å². The Morgan fingerprint density at radius 3 is 2.00 bits per heavy atom. The number of carbonyl (C=O) groups is 2. The summed E-state index contributed by atoms with van der Waals surface area (Å²) in [5.41, 5.74) is 2.27. The van der Waals surface area contributed by atoms with Crippen LogP contribution in [0.5, 0.6) is 0 Å². The Labute approximate surface area is 124 Å². The third-order valence-electron chi connectivity index (χ3n) is 3.27. The van der Waals surface area contributed by atoms with Crippen molar-refractivity contribution in [3.05, 3.63) is 59.4 Å². The quantitative estimate of drug-likeness (QED) is 0.872. The lowest BCUT2D eigenvalue weighted by molar-refractivity contribution is -0.117. The zero-order valence-corrected chi connectivity index (χ0v) is 12.2. The zero-order chi connectivity index (χ0) is 15.2. The Morgan fingerprint density at radius 1 is 1.00 bits per heavy atom. The molecular weight excluding hydrogens is 266 g/mol. The van der Waals surface area contributed by atoms with E-state index in [4.69, 9.17) is 0 Å². The van der Waals surface area contributed by atoms with Gasteiger partial charge in [0.2, 0.25) is 11.8 Å². The van der Waals surface area contributed by atoms with Crippen LogP contribution in [-0.2, 0) is 16.1 Å². The maximum Gasteiger partial charge on any atom is 0.248 e. The van der Waals surface area contributed by atoms with Crippen molar-refractivity contribution in [2.75, 3.05) is 14.1 Å². The van der Waals surface area contributed by atoms with Gasteiger partial charge in [0.25, 0.3) is 0 Å². The highest BCUT2D eigenvalue weighted by atomic mass is 16.2. The first-order valence-corrected chi connectivity index (χ1v) is 6.79. The fraction of sp³-hybridized carbons (Fsp3) is 0.250. The zero-order valence-electron chi connectivity index (χ0n) is 12.2. The highest BCUT2D eigenvalue weighted by Gasteiger charge is 2.20. The van der Waals surface area contributed by atoms with Crippen molar-refractivity contribution in [2.24, 2.45) is 0 Å². The van der Waals surface area contributed by atoms with Crippen molar-refractivity contribution >= 4 is 11.8 Å². The van der Waals surface area contributed by atoms with Gasteiger partial charge in [-0.25, -0.2) is 0 Å². The van der Waals surface area contributed by atoms with Crippen molar-refractivity contribution in [3.63, 3.8) is 0 Å². The average molecular weight is 285 g/mol. The maximum absolute atomic E-state index is 11.9. The van der Waals surface area contributed by atoms with Gasteiger partial charge >= 0.3 is 0 Å². The fourth-order valence-electron chi connectivity index (χ4n) is 2.22. The third-order valence-corrected chi connectivity index (χ3v) is 3.27.